The number of benzene rings is 1. The van der Waals surface area contributed by atoms with Crippen molar-refractivity contribution in [2.75, 3.05) is 5.32 Å². The molecule has 0 radical (unpaired) electrons. The minimum absolute atomic E-state index is 0.325. The van der Waals surface area contributed by atoms with Crippen molar-refractivity contribution >= 4 is 23.4 Å². The second-order valence-electron chi connectivity index (χ2n) is 5.39. The number of rotatable bonds is 6. The third-order valence-corrected chi connectivity index (χ3v) is 3.71. The number of anilines is 2. The fraction of sp³-hybridized carbons (Fsp3) is 0.267. The molecule has 0 saturated heterocycles. The Kier molecular flexibility index (Phi) is 3.63. The van der Waals surface area contributed by atoms with Crippen LogP contribution in [0.15, 0.2) is 36.8 Å². The maximum atomic E-state index is 5.92. The van der Waals surface area contributed by atoms with E-state index >= 15 is 0 Å². The van der Waals surface area contributed by atoms with Crippen LogP contribution in [0.25, 0.3) is 0 Å². The summed E-state index contributed by atoms with van der Waals surface area (Å²) < 4.78 is 7.53. The van der Waals surface area contributed by atoms with Gasteiger partial charge in [0.2, 0.25) is 5.95 Å². The molecule has 1 fully saturated rings. The predicted molar refractivity (Wildman–Crippen MR) is 85.9 cm³/mol. The monoisotopic (exact) mass is 330 g/mol. The lowest BCUT2D eigenvalue weighted by atomic mass is 10.3. The van der Waals surface area contributed by atoms with Crippen LogP contribution < -0.4 is 10.1 Å². The summed E-state index contributed by atoms with van der Waals surface area (Å²) in [6.07, 6.45) is 5.80. The molecule has 1 aliphatic carbocycles. The van der Waals surface area contributed by atoms with Gasteiger partial charge in [-0.1, -0.05) is 17.7 Å². The van der Waals surface area contributed by atoms with Gasteiger partial charge in [0.15, 0.2) is 0 Å². The summed E-state index contributed by atoms with van der Waals surface area (Å²) in [5, 5.41) is 8.12. The molecule has 7 nitrogen and oxygen atoms in total. The van der Waals surface area contributed by atoms with Crippen molar-refractivity contribution in [3.8, 4) is 5.75 Å². The number of ether oxygens (including phenoxy) is 1. The lowest BCUT2D eigenvalue weighted by Crippen LogP contribution is -1.99. The zero-order chi connectivity index (χ0) is 15.6. The first-order valence-electron chi connectivity index (χ1n) is 7.37. The van der Waals surface area contributed by atoms with Gasteiger partial charge in [0.05, 0.1) is 12.2 Å². The minimum Gasteiger partial charge on any atom is -0.486 e. The molecule has 0 bridgehead atoms. The van der Waals surface area contributed by atoms with E-state index < -0.39 is 0 Å². The zero-order valence-electron chi connectivity index (χ0n) is 12.2. The quantitative estimate of drug-likeness (QED) is 0.724. The normalized spacial score (nSPS) is 14.0. The van der Waals surface area contributed by atoms with Crippen LogP contribution in [0.5, 0.6) is 5.75 Å². The lowest BCUT2D eigenvalue weighted by molar-refractivity contribution is 0.297. The van der Waals surface area contributed by atoms with Crippen molar-refractivity contribution in [1.82, 2.24) is 24.7 Å². The van der Waals surface area contributed by atoms with Crippen LogP contribution in [0.3, 0.4) is 0 Å². The maximum Gasteiger partial charge on any atom is 0.247 e. The van der Waals surface area contributed by atoms with Gasteiger partial charge < -0.3 is 15.0 Å². The largest absolute Gasteiger partial charge is 0.486 e. The van der Waals surface area contributed by atoms with Crippen LogP contribution in [-0.2, 0) is 6.61 Å². The van der Waals surface area contributed by atoms with Gasteiger partial charge in [0.1, 0.15) is 30.3 Å². The van der Waals surface area contributed by atoms with Crippen LogP contribution in [0.2, 0.25) is 5.02 Å². The molecular formula is C15H15ClN6O. The molecule has 1 saturated carbocycles. The highest BCUT2D eigenvalue weighted by Crippen LogP contribution is 2.33. The molecule has 2 N–H and O–H groups in total. The number of aromatic amines is 1. The molecule has 8 heteroatoms. The zero-order valence-corrected chi connectivity index (χ0v) is 13.0. The van der Waals surface area contributed by atoms with Crippen molar-refractivity contribution in [1.29, 1.82) is 0 Å². The number of imidazole rings is 1. The first-order chi connectivity index (χ1) is 11.3. The fourth-order valence-electron chi connectivity index (χ4n) is 2.18. The van der Waals surface area contributed by atoms with Gasteiger partial charge >= 0.3 is 0 Å². The minimum atomic E-state index is 0.325. The number of halogens is 1. The molecule has 0 aliphatic heterocycles. The third-order valence-electron chi connectivity index (χ3n) is 3.48. The van der Waals surface area contributed by atoms with E-state index in [4.69, 9.17) is 16.3 Å². The molecule has 2 aromatic heterocycles. The average molecular weight is 331 g/mol. The Hall–Kier alpha value is -2.54. The third kappa shape index (κ3) is 3.45. The summed E-state index contributed by atoms with van der Waals surface area (Å²) in [6.45, 7) is 0.325. The van der Waals surface area contributed by atoms with E-state index in [2.05, 4.69) is 25.4 Å². The van der Waals surface area contributed by atoms with Crippen LogP contribution in [-0.4, -0.2) is 24.7 Å². The first-order valence-corrected chi connectivity index (χ1v) is 7.74. The fourth-order valence-corrected chi connectivity index (χ4v) is 2.36. The molecule has 0 spiro atoms. The molecule has 1 aliphatic rings. The highest BCUT2D eigenvalue weighted by atomic mass is 35.5. The topological polar surface area (TPSA) is 80.7 Å². The van der Waals surface area contributed by atoms with Gasteiger partial charge in [-0.2, -0.15) is 0 Å². The summed E-state index contributed by atoms with van der Waals surface area (Å²) in [5.74, 6) is 2.69. The highest BCUT2D eigenvalue weighted by molar-refractivity contribution is 6.30. The number of hydrogen-bond donors (Lipinski definition) is 2. The Morgan fingerprint density at radius 1 is 1.35 bits per heavy atom. The molecule has 0 atom stereocenters. The number of hydrogen-bond acceptors (Lipinski definition) is 5. The van der Waals surface area contributed by atoms with E-state index in [-0.39, 0.29) is 0 Å². The molecular weight excluding hydrogens is 316 g/mol. The molecule has 1 aromatic carbocycles. The van der Waals surface area contributed by atoms with E-state index in [0.29, 0.717) is 35.2 Å². The summed E-state index contributed by atoms with van der Waals surface area (Å²) in [6, 6.07) is 7.77. The Morgan fingerprint density at radius 2 is 2.26 bits per heavy atom. The average Bonchev–Trinajstić information content (AvgIpc) is 3.13. The lowest BCUT2D eigenvalue weighted by Gasteiger charge is -2.04. The molecule has 0 unspecified atom stereocenters. The number of aromatic nitrogens is 5. The van der Waals surface area contributed by atoms with Gasteiger partial charge in [0, 0.05) is 5.02 Å². The van der Waals surface area contributed by atoms with E-state index in [9.17, 15) is 0 Å². The Balaban J connectivity index is 1.36. The SMILES string of the molecule is Clc1cccc(OCc2ncc(Nc3ncn(C4CC4)n3)[nH]2)c1. The van der Waals surface area contributed by atoms with Gasteiger partial charge in [-0.05, 0) is 31.0 Å². The van der Waals surface area contributed by atoms with Crippen molar-refractivity contribution in [2.45, 2.75) is 25.5 Å². The highest BCUT2D eigenvalue weighted by Gasteiger charge is 2.24. The van der Waals surface area contributed by atoms with Crippen LogP contribution in [0, 0.1) is 0 Å². The molecule has 23 heavy (non-hydrogen) atoms. The van der Waals surface area contributed by atoms with Crippen molar-refractivity contribution in [3.05, 3.63) is 47.6 Å². The van der Waals surface area contributed by atoms with Gasteiger partial charge in [-0.3, -0.25) is 0 Å². The van der Waals surface area contributed by atoms with E-state index in [0.717, 1.165) is 5.82 Å². The van der Waals surface area contributed by atoms with E-state index in [1.807, 2.05) is 16.8 Å². The first kappa shape index (κ1) is 14.1. The van der Waals surface area contributed by atoms with Crippen molar-refractivity contribution in [3.63, 3.8) is 0 Å². The van der Waals surface area contributed by atoms with Gasteiger partial charge in [-0.15, -0.1) is 5.10 Å². The van der Waals surface area contributed by atoms with Crippen LogP contribution in [0.4, 0.5) is 11.8 Å². The summed E-state index contributed by atoms with van der Waals surface area (Å²) in [4.78, 5) is 11.6. The standard InChI is InChI=1S/C15H15ClN6O/c16-10-2-1-3-12(6-10)23-8-14-17-7-13(19-14)20-15-18-9-22(21-15)11-4-5-11/h1-3,6-7,9,11H,4-5,8H2,(H,17,19)(H,20,21). The predicted octanol–water partition coefficient (Wildman–Crippen LogP) is 3.31. The van der Waals surface area contributed by atoms with Crippen LogP contribution >= 0.6 is 11.6 Å². The van der Waals surface area contributed by atoms with Crippen molar-refractivity contribution in [2.24, 2.45) is 0 Å². The Bertz CT molecular complexity index is 810. The van der Waals surface area contributed by atoms with E-state index in [1.165, 1.54) is 12.8 Å². The molecule has 3 aromatic rings. The molecule has 4 rings (SSSR count). The summed E-state index contributed by atoms with van der Waals surface area (Å²) >= 11 is 5.92. The number of H-pyrrole nitrogens is 1. The smallest absolute Gasteiger partial charge is 0.247 e. The van der Waals surface area contributed by atoms with Gasteiger partial charge in [-0.25, -0.2) is 14.6 Å². The number of nitrogens with one attached hydrogen (secondary N) is 2. The molecule has 118 valence electrons. The second kappa shape index (κ2) is 5.92. The number of nitrogens with zero attached hydrogens (tertiary/aromatic N) is 4. The summed E-state index contributed by atoms with van der Waals surface area (Å²) in [5.41, 5.74) is 0. The van der Waals surface area contributed by atoms with Crippen molar-refractivity contribution < 1.29 is 4.74 Å². The van der Waals surface area contributed by atoms with Crippen LogP contribution in [0.1, 0.15) is 24.7 Å². The molecule has 2 heterocycles. The second-order valence-corrected chi connectivity index (χ2v) is 5.83. The summed E-state index contributed by atoms with van der Waals surface area (Å²) in [7, 11) is 0. The van der Waals surface area contributed by atoms with E-state index in [1.54, 1.807) is 24.7 Å². The Labute approximate surface area is 137 Å². The van der Waals surface area contributed by atoms with Gasteiger partial charge in [0.25, 0.3) is 0 Å². The maximum absolute atomic E-state index is 5.92. The Morgan fingerprint density at radius 3 is 3.09 bits per heavy atom. The molecule has 0 amide bonds.